The maximum Gasteiger partial charge on any atom is 0.255 e. The summed E-state index contributed by atoms with van der Waals surface area (Å²) in [4.78, 5) is 92.9. The van der Waals surface area contributed by atoms with Crippen LogP contribution in [0.25, 0.3) is 21.6 Å². The van der Waals surface area contributed by atoms with Crippen LogP contribution < -0.4 is 21.3 Å². The lowest BCUT2D eigenvalue weighted by molar-refractivity contribution is -0.144. The molecule has 21 nitrogen and oxygen atoms in total. The number of fused-ring (bicyclic) bond motifs is 1. The highest BCUT2D eigenvalue weighted by molar-refractivity contribution is 7.14. The molecule has 0 aliphatic carbocycles. The molecule has 0 saturated carbocycles. The smallest absolute Gasteiger partial charge is 0.255 e. The molecule has 1 saturated heterocycles. The Labute approximate surface area is 493 Å². The number of hydrogen-bond acceptors (Lipinski definition) is 17. The number of thiazole rings is 2. The molecule has 4 aromatic carbocycles. The van der Waals surface area contributed by atoms with Gasteiger partial charge in [0, 0.05) is 60.9 Å². The number of carbonyl (C=O) groups is 6. The van der Waals surface area contributed by atoms with Crippen molar-refractivity contribution in [2.45, 2.75) is 71.4 Å². The summed E-state index contributed by atoms with van der Waals surface area (Å²) in [5.74, 6) is -3.80. The average molecular weight is 1190 g/mol. The molecule has 2 unspecified atom stereocenters. The molecule has 84 heavy (non-hydrogen) atoms. The first-order valence-corrected chi connectivity index (χ1v) is 29.2. The average Bonchev–Trinajstić information content (AvgIpc) is 3.46. The Balaban J connectivity index is 0.647. The van der Waals surface area contributed by atoms with Crippen LogP contribution in [0.15, 0.2) is 102 Å². The minimum atomic E-state index is -1.36. The van der Waals surface area contributed by atoms with Crippen molar-refractivity contribution in [2.24, 2.45) is 5.41 Å². The van der Waals surface area contributed by atoms with Crippen LogP contribution in [0.3, 0.4) is 0 Å². The second kappa shape index (κ2) is 29.8. The highest BCUT2D eigenvalue weighted by Gasteiger charge is 2.45. The van der Waals surface area contributed by atoms with Gasteiger partial charge in [0.2, 0.25) is 17.7 Å². The van der Waals surface area contributed by atoms with E-state index >= 15 is 0 Å². The van der Waals surface area contributed by atoms with Crippen LogP contribution in [0, 0.1) is 18.2 Å². The van der Waals surface area contributed by atoms with E-state index in [-0.39, 0.29) is 93.9 Å². The number of hydrogen-bond donors (Lipinski definition) is 6. The topological polar surface area (TPSA) is 269 Å². The third kappa shape index (κ3) is 16.8. The highest BCUT2D eigenvalue weighted by atomic mass is 32.1. The van der Waals surface area contributed by atoms with Crippen LogP contribution >= 0.6 is 22.7 Å². The fourth-order valence-corrected chi connectivity index (χ4v) is 10.9. The van der Waals surface area contributed by atoms with E-state index in [1.54, 1.807) is 58.6 Å². The Hall–Kier alpha value is -7.55. The zero-order valence-corrected chi connectivity index (χ0v) is 48.7. The van der Waals surface area contributed by atoms with Crippen LogP contribution in [0.4, 0.5) is 9.52 Å². The number of aliphatic hydroxyl groups is 1. The molecule has 446 valence electrons. The number of ether oxygens (including phenoxy) is 5. The summed E-state index contributed by atoms with van der Waals surface area (Å²) in [6.45, 7) is 10.1. The number of nitrogens with one attached hydrogen (secondary N) is 4. The Morgan fingerprint density at radius 2 is 1.44 bits per heavy atom. The van der Waals surface area contributed by atoms with Crippen molar-refractivity contribution in [1.29, 1.82) is 0 Å². The molecule has 4 atom stereocenters. The molecule has 8 rings (SSSR count). The van der Waals surface area contributed by atoms with Gasteiger partial charge in [-0.05, 0) is 76.6 Å². The molecule has 1 fully saturated rings. The molecule has 2 aliphatic heterocycles. The summed E-state index contributed by atoms with van der Waals surface area (Å²) in [5.41, 5.74) is 6.75. The molecular formula is C60H69FN8O13S2. The Kier molecular flexibility index (Phi) is 22.2. The van der Waals surface area contributed by atoms with Crippen molar-refractivity contribution >= 4 is 63.2 Å². The van der Waals surface area contributed by atoms with E-state index in [1.165, 1.54) is 27.3 Å². The number of benzene rings is 4. The first kappa shape index (κ1) is 62.5. The molecule has 2 aliphatic rings. The van der Waals surface area contributed by atoms with Crippen LogP contribution in [-0.4, -0.2) is 163 Å². The molecule has 6 amide bonds. The lowest BCUT2D eigenvalue weighted by Crippen LogP contribution is -2.58. The number of phenolic OH excluding ortho intramolecular Hbond substituents is 1. The number of aromatic hydroxyl groups is 1. The third-order valence-electron chi connectivity index (χ3n) is 13.9. The van der Waals surface area contributed by atoms with Crippen molar-refractivity contribution < 1.29 is 67.1 Å². The SMILES string of the molecule is Cc1ncsc1-c1ccc(CNC(=O)[C@@H]2C[C@@H](O)CN2C(=O)C(NC(=O)COCCOCCOCCOCCOCCNC(=O)c2ccc(-c3ccc4c(c3)C(=O)N(C(C(=O)Nc3nccs3)c3cc(F)ccc3O)C4)cc2)C(C)(C)C)cc1. The van der Waals surface area contributed by atoms with Crippen molar-refractivity contribution in [2.75, 3.05) is 84.5 Å². The minimum Gasteiger partial charge on any atom is -0.508 e. The Bertz CT molecular complexity index is 3210. The van der Waals surface area contributed by atoms with Crippen molar-refractivity contribution in [3.8, 4) is 27.3 Å². The zero-order valence-electron chi connectivity index (χ0n) is 47.1. The second-order valence-electron chi connectivity index (χ2n) is 21.0. The number of aliphatic hydroxyl groups excluding tert-OH is 1. The Morgan fingerprint density at radius 1 is 0.786 bits per heavy atom. The maximum atomic E-state index is 14.4. The van der Waals surface area contributed by atoms with E-state index in [1.807, 2.05) is 58.0 Å². The van der Waals surface area contributed by atoms with E-state index in [0.717, 1.165) is 45.5 Å². The first-order valence-electron chi connectivity index (χ1n) is 27.4. The molecule has 6 aromatic rings. The molecule has 6 N–H and O–H groups in total. The van der Waals surface area contributed by atoms with E-state index in [2.05, 4.69) is 31.2 Å². The van der Waals surface area contributed by atoms with Gasteiger partial charge in [0.25, 0.3) is 17.7 Å². The van der Waals surface area contributed by atoms with Crippen molar-refractivity contribution in [3.05, 3.63) is 141 Å². The number of aryl methyl sites for hydroxylation is 1. The summed E-state index contributed by atoms with van der Waals surface area (Å²) >= 11 is 2.74. The lowest BCUT2D eigenvalue weighted by atomic mass is 9.85. The highest BCUT2D eigenvalue weighted by Crippen LogP contribution is 2.38. The summed E-state index contributed by atoms with van der Waals surface area (Å²) in [6.07, 6.45) is 0.696. The van der Waals surface area contributed by atoms with Crippen molar-refractivity contribution in [3.63, 3.8) is 0 Å². The van der Waals surface area contributed by atoms with Gasteiger partial charge in [-0.25, -0.2) is 14.4 Å². The predicted molar refractivity (Wildman–Crippen MR) is 311 cm³/mol. The number of aromatic nitrogens is 2. The lowest BCUT2D eigenvalue weighted by Gasteiger charge is -2.35. The van der Waals surface area contributed by atoms with Crippen molar-refractivity contribution in [1.82, 2.24) is 35.7 Å². The van der Waals surface area contributed by atoms with E-state index < -0.39 is 59.1 Å². The van der Waals surface area contributed by atoms with Gasteiger partial charge in [-0.3, -0.25) is 34.1 Å². The normalized spacial score (nSPS) is 15.6. The summed E-state index contributed by atoms with van der Waals surface area (Å²) in [7, 11) is 0. The third-order valence-corrected chi connectivity index (χ3v) is 15.6. The largest absolute Gasteiger partial charge is 0.508 e. The second-order valence-corrected chi connectivity index (χ2v) is 22.8. The molecular weight excluding hydrogens is 1120 g/mol. The molecule has 0 spiro atoms. The van der Waals surface area contributed by atoms with Crippen LogP contribution in [0.1, 0.15) is 76.3 Å². The fourth-order valence-electron chi connectivity index (χ4n) is 9.55. The molecule has 24 heteroatoms. The summed E-state index contributed by atoms with van der Waals surface area (Å²) in [6, 6.07) is 20.0. The monoisotopic (exact) mass is 1190 g/mol. The van der Waals surface area contributed by atoms with E-state index in [0.29, 0.717) is 55.3 Å². The first-order chi connectivity index (χ1) is 40.4. The Morgan fingerprint density at radius 3 is 2.08 bits per heavy atom. The molecule has 0 bridgehead atoms. The number of amides is 6. The fraction of sp³-hybridized carbons (Fsp3) is 0.400. The molecule has 0 radical (unpaired) electrons. The van der Waals surface area contributed by atoms with E-state index in [4.69, 9.17) is 23.7 Å². The predicted octanol–water partition coefficient (Wildman–Crippen LogP) is 6.04. The number of anilines is 1. The summed E-state index contributed by atoms with van der Waals surface area (Å²) in [5, 5.41) is 34.4. The number of carbonyl (C=O) groups excluding carboxylic acids is 6. The number of phenols is 1. The van der Waals surface area contributed by atoms with Gasteiger partial charge in [0.05, 0.1) is 81.6 Å². The van der Waals surface area contributed by atoms with E-state index in [9.17, 15) is 43.4 Å². The van der Waals surface area contributed by atoms with Gasteiger partial charge in [-0.2, -0.15) is 0 Å². The number of rotatable bonds is 29. The molecule has 4 heterocycles. The number of nitrogens with zero attached hydrogens (tertiary/aromatic N) is 4. The van der Waals surface area contributed by atoms with Gasteiger partial charge in [0.1, 0.15) is 36.3 Å². The maximum absolute atomic E-state index is 14.4. The number of β-amino-alcohol motifs (C(OH)–C–C–N with tert-alkyl or cyclic N) is 1. The minimum absolute atomic E-state index is 0.0367. The van der Waals surface area contributed by atoms with Gasteiger partial charge < -0.3 is 59.6 Å². The van der Waals surface area contributed by atoms with Gasteiger partial charge >= 0.3 is 0 Å². The molecule has 2 aromatic heterocycles. The van der Waals surface area contributed by atoms with Gasteiger partial charge in [0.15, 0.2) is 5.13 Å². The van der Waals surface area contributed by atoms with Gasteiger partial charge in [-0.15, -0.1) is 22.7 Å². The zero-order chi connectivity index (χ0) is 59.8. The number of likely N-dealkylation sites (tertiary alicyclic amines) is 1. The quantitative estimate of drug-likeness (QED) is 0.0292. The van der Waals surface area contributed by atoms with Gasteiger partial charge in [-0.1, -0.05) is 69.3 Å². The van der Waals surface area contributed by atoms with Crippen LogP contribution in [-0.2, 0) is 56.0 Å². The summed E-state index contributed by atoms with van der Waals surface area (Å²) < 4.78 is 42.2. The van der Waals surface area contributed by atoms with Crippen LogP contribution in [0.2, 0.25) is 0 Å². The van der Waals surface area contributed by atoms with Crippen LogP contribution in [0.5, 0.6) is 5.75 Å². The standard InChI is InChI=1S/C60H69FN8O13S2/c1-37-52(84-36-65-37)40-7-5-38(6-8-40)32-64-55(74)48-31-45(70)34-68(48)58(77)53(60(2,3)4)66-50(72)35-82-27-26-81-25-24-80-23-22-79-21-20-78-19-17-62-54(73)41-11-9-39(10-12-41)42-13-14-43-33-69(57(76)46(43)29-42)51(47-30-44(61)15-16-49(47)71)56(75)67-59-63-18-28-83-59/h5-16,18,28-30,36,45,48,51,53,70-71H,17,19-27,31-35H2,1-4H3,(H,62,73)(H,64,74)(H,66,72)(H,63,67,75)/t45-,48+,51?,53?/m1/s1. The number of halogens is 1.